The summed E-state index contributed by atoms with van der Waals surface area (Å²) in [6.45, 7) is 6.61. The lowest BCUT2D eigenvalue weighted by Gasteiger charge is -2.15. The molecule has 0 spiro atoms. The molecule has 5 nitrogen and oxygen atoms in total. The molecule has 3 aromatic carbocycles. The molecule has 174 valence electrons. The van der Waals surface area contributed by atoms with Gasteiger partial charge in [-0.1, -0.05) is 72.2 Å². The van der Waals surface area contributed by atoms with Crippen molar-refractivity contribution >= 4 is 33.9 Å². The number of benzene rings is 3. The van der Waals surface area contributed by atoms with Crippen molar-refractivity contribution < 1.29 is 9.53 Å². The zero-order valence-electron chi connectivity index (χ0n) is 19.4. The van der Waals surface area contributed by atoms with E-state index in [-0.39, 0.29) is 18.9 Å². The highest BCUT2D eigenvalue weighted by molar-refractivity contribution is 9.10. The molecule has 0 fully saturated rings. The minimum atomic E-state index is -0.0606. The van der Waals surface area contributed by atoms with Crippen LogP contribution in [0.25, 0.3) is 5.69 Å². The van der Waals surface area contributed by atoms with Gasteiger partial charge in [-0.15, -0.1) is 0 Å². The summed E-state index contributed by atoms with van der Waals surface area (Å²) in [5.74, 6) is 1.74. The fourth-order valence-corrected chi connectivity index (χ4v) is 4.32. The van der Waals surface area contributed by atoms with Crippen molar-refractivity contribution in [1.82, 2.24) is 14.3 Å². The standard InChI is InChI=1S/C27H26BrN3O2S/c1-18(2)23-14-9-19(3)15-25(23)33-17-26-29-30(16-24(32)20-10-12-21(28)13-11-20)27(34)31(26)22-7-5-4-6-8-22/h4-15,18H,16-17H2,1-3H3. The number of hydrogen-bond donors (Lipinski definition) is 0. The van der Waals surface area contributed by atoms with Crippen LogP contribution < -0.4 is 4.74 Å². The molecule has 0 unspecified atom stereocenters. The van der Waals surface area contributed by atoms with E-state index < -0.39 is 0 Å². The van der Waals surface area contributed by atoms with Gasteiger partial charge in [-0.25, -0.2) is 4.68 Å². The summed E-state index contributed by atoms with van der Waals surface area (Å²) in [6.07, 6.45) is 0. The molecular weight excluding hydrogens is 510 g/mol. The number of rotatable bonds is 8. The number of hydrogen-bond acceptors (Lipinski definition) is 4. The minimum Gasteiger partial charge on any atom is -0.485 e. The molecule has 0 saturated heterocycles. The molecule has 4 aromatic rings. The molecule has 0 atom stereocenters. The topological polar surface area (TPSA) is 49.1 Å². The smallest absolute Gasteiger partial charge is 0.203 e. The highest BCUT2D eigenvalue weighted by atomic mass is 79.9. The van der Waals surface area contributed by atoms with E-state index in [9.17, 15) is 4.79 Å². The van der Waals surface area contributed by atoms with Gasteiger partial charge >= 0.3 is 0 Å². The molecular formula is C27H26BrN3O2S. The fraction of sp³-hybridized carbons (Fsp3) is 0.222. The first-order valence-corrected chi connectivity index (χ1v) is 12.3. The van der Waals surface area contributed by atoms with E-state index in [1.807, 2.05) is 60.0 Å². The predicted molar refractivity (Wildman–Crippen MR) is 140 cm³/mol. The van der Waals surface area contributed by atoms with Crippen LogP contribution in [0.4, 0.5) is 0 Å². The van der Waals surface area contributed by atoms with Crippen LogP contribution in [0.1, 0.15) is 47.1 Å². The molecule has 4 rings (SSSR count). The van der Waals surface area contributed by atoms with Crippen LogP contribution in [0.5, 0.6) is 5.75 Å². The Morgan fingerprint density at radius 3 is 2.44 bits per heavy atom. The van der Waals surface area contributed by atoms with Gasteiger partial charge in [0.25, 0.3) is 0 Å². The van der Waals surface area contributed by atoms with Crippen LogP contribution in [0.3, 0.4) is 0 Å². The number of nitrogens with zero attached hydrogens (tertiary/aromatic N) is 3. The minimum absolute atomic E-state index is 0.0506. The Morgan fingerprint density at radius 2 is 1.76 bits per heavy atom. The number of halogens is 1. The molecule has 0 aliphatic carbocycles. The molecule has 7 heteroatoms. The average molecular weight is 536 g/mol. The third kappa shape index (κ3) is 5.37. The van der Waals surface area contributed by atoms with Crippen LogP contribution in [-0.4, -0.2) is 20.1 Å². The van der Waals surface area contributed by atoms with Crippen molar-refractivity contribution in [3.05, 3.63) is 105 Å². The summed E-state index contributed by atoms with van der Waals surface area (Å²) in [5.41, 5.74) is 3.76. The van der Waals surface area contributed by atoms with E-state index in [4.69, 9.17) is 22.1 Å². The van der Waals surface area contributed by atoms with Crippen molar-refractivity contribution in [1.29, 1.82) is 0 Å². The Morgan fingerprint density at radius 1 is 1.06 bits per heavy atom. The zero-order chi connectivity index (χ0) is 24.2. The van der Waals surface area contributed by atoms with Gasteiger partial charge in [-0.3, -0.25) is 9.36 Å². The van der Waals surface area contributed by atoms with Crippen molar-refractivity contribution in [3.63, 3.8) is 0 Å². The lowest BCUT2D eigenvalue weighted by Crippen LogP contribution is -2.12. The molecule has 0 saturated carbocycles. The van der Waals surface area contributed by atoms with E-state index in [1.54, 1.807) is 16.8 Å². The Balaban J connectivity index is 1.68. The summed E-state index contributed by atoms with van der Waals surface area (Å²) in [4.78, 5) is 12.9. The summed E-state index contributed by atoms with van der Waals surface area (Å²) in [5, 5.41) is 4.70. The molecule has 0 aliphatic heterocycles. The van der Waals surface area contributed by atoms with E-state index in [1.165, 1.54) is 0 Å². The second-order valence-corrected chi connectivity index (χ2v) is 9.72. The summed E-state index contributed by atoms with van der Waals surface area (Å²) in [7, 11) is 0. The molecule has 0 aliphatic rings. The lowest BCUT2D eigenvalue weighted by atomic mass is 10.0. The maximum Gasteiger partial charge on any atom is 0.203 e. The Labute approximate surface area is 213 Å². The van der Waals surface area contributed by atoms with Crippen LogP contribution in [0.2, 0.25) is 0 Å². The number of ether oxygens (including phenoxy) is 1. The van der Waals surface area contributed by atoms with Crippen LogP contribution in [0, 0.1) is 11.7 Å². The first-order valence-electron chi connectivity index (χ1n) is 11.1. The second kappa shape index (κ2) is 10.5. The van der Waals surface area contributed by atoms with Crippen molar-refractivity contribution in [2.24, 2.45) is 0 Å². The van der Waals surface area contributed by atoms with E-state index in [2.05, 4.69) is 41.9 Å². The maximum atomic E-state index is 12.9. The average Bonchev–Trinajstić information content (AvgIpc) is 3.13. The number of ketones is 1. The van der Waals surface area contributed by atoms with Crippen molar-refractivity contribution in [2.45, 2.75) is 39.8 Å². The molecule has 1 aromatic heterocycles. The van der Waals surface area contributed by atoms with Gasteiger partial charge in [0.05, 0.1) is 0 Å². The Kier molecular flexibility index (Phi) is 7.44. The van der Waals surface area contributed by atoms with Crippen LogP contribution >= 0.6 is 28.1 Å². The molecule has 34 heavy (non-hydrogen) atoms. The highest BCUT2D eigenvalue weighted by Crippen LogP contribution is 2.28. The third-order valence-electron chi connectivity index (χ3n) is 5.53. The molecule has 0 radical (unpaired) electrons. The Hall–Kier alpha value is -3.03. The van der Waals surface area contributed by atoms with E-state index in [0.717, 1.165) is 27.0 Å². The quantitative estimate of drug-likeness (QED) is 0.179. The zero-order valence-corrected chi connectivity index (χ0v) is 21.8. The number of carbonyl (C=O) groups is 1. The molecule has 0 N–H and O–H groups in total. The molecule has 1 heterocycles. The van der Waals surface area contributed by atoms with E-state index in [0.29, 0.717) is 22.1 Å². The fourth-order valence-electron chi connectivity index (χ4n) is 3.73. The van der Waals surface area contributed by atoms with Gasteiger partial charge in [0.15, 0.2) is 11.6 Å². The number of carbonyl (C=O) groups excluding carboxylic acids is 1. The van der Waals surface area contributed by atoms with Crippen molar-refractivity contribution in [3.8, 4) is 11.4 Å². The second-order valence-electron chi connectivity index (χ2n) is 8.44. The number of Topliss-reactive ketones (excluding diaryl/α,β-unsaturated/α-hetero) is 1. The lowest BCUT2D eigenvalue weighted by molar-refractivity contribution is 0.0966. The van der Waals surface area contributed by atoms with Gasteiger partial charge in [0.1, 0.15) is 18.9 Å². The van der Waals surface area contributed by atoms with Gasteiger partial charge < -0.3 is 4.74 Å². The van der Waals surface area contributed by atoms with Crippen molar-refractivity contribution in [2.75, 3.05) is 0 Å². The Bertz CT molecular complexity index is 1360. The van der Waals surface area contributed by atoms with Gasteiger partial charge in [0.2, 0.25) is 4.77 Å². The molecule has 0 bridgehead atoms. The van der Waals surface area contributed by atoms with Gasteiger partial charge in [0, 0.05) is 15.7 Å². The normalized spacial score (nSPS) is 11.1. The van der Waals surface area contributed by atoms with Gasteiger partial charge in [-0.2, -0.15) is 5.10 Å². The summed E-state index contributed by atoms with van der Waals surface area (Å²) >= 11 is 9.15. The SMILES string of the molecule is Cc1ccc(C(C)C)c(OCc2nn(CC(=O)c3ccc(Br)cc3)c(=S)n2-c2ccccc2)c1. The highest BCUT2D eigenvalue weighted by Gasteiger charge is 2.17. The maximum absolute atomic E-state index is 12.9. The van der Waals surface area contributed by atoms with Crippen LogP contribution in [0.15, 0.2) is 77.3 Å². The molecule has 0 amide bonds. The first kappa shape index (κ1) is 24.1. The summed E-state index contributed by atoms with van der Waals surface area (Å²) in [6, 6.07) is 23.3. The predicted octanol–water partition coefficient (Wildman–Crippen LogP) is 7.06. The first-order chi connectivity index (χ1) is 16.3. The monoisotopic (exact) mass is 535 g/mol. The van der Waals surface area contributed by atoms with Gasteiger partial charge in [-0.05, 0) is 66.5 Å². The third-order valence-corrected chi connectivity index (χ3v) is 6.45. The van der Waals surface area contributed by atoms with Crippen LogP contribution in [-0.2, 0) is 13.2 Å². The number of aromatic nitrogens is 3. The summed E-state index contributed by atoms with van der Waals surface area (Å²) < 4.78 is 11.1. The number of para-hydroxylation sites is 1. The number of aryl methyl sites for hydroxylation is 1. The largest absolute Gasteiger partial charge is 0.485 e. The van der Waals surface area contributed by atoms with E-state index >= 15 is 0 Å².